The quantitative estimate of drug-likeness (QED) is 0.834. The van der Waals surface area contributed by atoms with Gasteiger partial charge in [0.05, 0.1) is 0 Å². The van der Waals surface area contributed by atoms with Crippen molar-refractivity contribution in [2.75, 3.05) is 5.32 Å². The first kappa shape index (κ1) is 17.0. The van der Waals surface area contributed by atoms with Gasteiger partial charge in [-0.25, -0.2) is 9.59 Å². The second-order valence-electron chi connectivity index (χ2n) is 5.34. The Kier molecular flexibility index (Phi) is 5.32. The molecule has 0 heterocycles. The number of anilines is 1. The molecule has 1 rings (SSSR count). The lowest BCUT2D eigenvalue weighted by atomic mass is 10.1. The van der Waals surface area contributed by atoms with Gasteiger partial charge >= 0.3 is 12.1 Å². The average Bonchev–Trinajstić information content (AvgIpc) is 2.29. The van der Waals surface area contributed by atoms with Crippen LogP contribution in [0.4, 0.5) is 10.5 Å². The third-order valence-electron chi connectivity index (χ3n) is 2.29. The number of carbonyl (C=O) groups excluding carboxylic acids is 2. The second kappa shape index (κ2) is 6.58. The number of ketones is 1. The summed E-state index contributed by atoms with van der Waals surface area (Å²) in [5.41, 5.74) is 0.140. The molecule has 0 bridgehead atoms. The zero-order valence-corrected chi connectivity index (χ0v) is 12.7. The number of Topliss-reactive ketones (excluding diaryl/α,β-unsaturated/α-hetero) is 1. The third-order valence-corrected chi connectivity index (χ3v) is 2.64. The number of rotatable bonds is 4. The van der Waals surface area contributed by atoms with Crippen LogP contribution in [0, 0.1) is 0 Å². The summed E-state index contributed by atoms with van der Waals surface area (Å²) >= 11 is 5.96. The first-order chi connectivity index (χ1) is 9.58. The van der Waals surface area contributed by atoms with E-state index in [0.29, 0.717) is 11.3 Å². The molecule has 0 aliphatic carbocycles. The fourth-order valence-electron chi connectivity index (χ4n) is 1.44. The van der Waals surface area contributed by atoms with Crippen LogP contribution in [0.3, 0.4) is 0 Å². The highest BCUT2D eigenvalue weighted by molar-refractivity contribution is 6.35. The molecule has 0 fully saturated rings. The minimum absolute atomic E-state index is 0.193. The highest BCUT2D eigenvalue weighted by atomic mass is 35.5. The zero-order chi connectivity index (χ0) is 16.2. The summed E-state index contributed by atoms with van der Waals surface area (Å²) in [6.07, 6.45) is -0.936. The Morgan fingerprint density at radius 3 is 2.38 bits per heavy atom. The highest BCUT2D eigenvalue weighted by Crippen LogP contribution is 2.22. The molecule has 114 valence electrons. The number of aliphatic carboxylic acids is 1. The van der Waals surface area contributed by atoms with Gasteiger partial charge in [-0.15, -0.1) is 0 Å². The topological polar surface area (TPSA) is 92.7 Å². The van der Waals surface area contributed by atoms with Gasteiger partial charge in [-0.3, -0.25) is 10.1 Å². The fraction of sp³-hybridized carbons (Fsp3) is 0.357. The van der Waals surface area contributed by atoms with E-state index in [-0.39, 0.29) is 11.4 Å². The second-order valence-corrected chi connectivity index (χ2v) is 5.75. The average molecular weight is 314 g/mol. The van der Waals surface area contributed by atoms with Gasteiger partial charge in [-0.05, 0) is 38.5 Å². The number of amides is 1. The van der Waals surface area contributed by atoms with Gasteiger partial charge in [-0.1, -0.05) is 17.7 Å². The lowest BCUT2D eigenvalue weighted by Crippen LogP contribution is -2.27. The molecule has 0 radical (unpaired) electrons. The van der Waals surface area contributed by atoms with Crippen LogP contribution < -0.4 is 5.32 Å². The maximum atomic E-state index is 11.6. The Morgan fingerprint density at radius 2 is 1.90 bits per heavy atom. The van der Waals surface area contributed by atoms with E-state index in [1.165, 1.54) is 18.2 Å². The van der Waals surface area contributed by atoms with Crippen molar-refractivity contribution in [1.82, 2.24) is 0 Å². The predicted molar refractivity (Wildman–Crippen MR) is 77.7 cm³/mol. The Hall–Kier alpha value is -2.08. The van der Waals surface area contributed by atoms with E-state index in [0.717, 1.165) is 0 Å². The van der Waals surface area contributed by atoms with E-state index in [9.17, 15) is 14.4 Å². The van der Waals surface area contributed by atoms with Gasteiger partial charge < -0.3 is 9.84 Å². The van der Waals surface area contributed by atoms with Crippen LogP contribution in [0.25, 0.3) is 0 Å². The largest absolute Gasteiger partial charge is 0.475 e. The zero-order valence-electron chi connectivity index (χ0n) is 11.9. The lowest BCUT2D eigenvalue weighted by Gasteiger charge is -2.19. The van der Waals surface area contributed by atoms with E-state index in [1.807, 2.05) is 0 Å². The molecule has 1 aromatic carbocycles. The number of carboxylic acid groups (broad SMARTS) is 1. The summed E-state index contributed by atoms with van der Waals surface area (Å²) in [6.45, 7) is 5.21. The van der Waals surface area contributed by atoms with E-state index in [1.54, 1.807) is 20.8 Å². The normalized spacial score (nSPS) is 10.9. The predicted octanol–water partition coefficient (Wildman–Crippen LogP) is 2.88. The van der Waals surface area contributed by atoms with Crippen molar-refractivity contribution in [3.8, 4) is 0 Å². The molecule has 0 unspecified atom stereocenters. The van der Waals surface area contributed by atoms with Gasteiger partial charge in [0.15, 0.2) is 0 Å². The highest BCUT2D eigenvalue weighted by Gasteiger charge is 2.17. The van der Waals surface area contributed by atoms with Crippen molar-refractivity contribution in [2.45, 2.75) is 32.8 Å². The molecule has 0 aromatic heterocycles. The van der Waals surface area contributed by atoms with Gasteiger partial charge in [-0.2, -0.15) is 0 Å². The van der Waals surface area contributed by atoms with Gasteiger partial charge in [0.2, 0.25) is 5.78 Å². The number of carboxylic acids is 1. The molecule has 0 aliphatic heterocycles. The Balaban J connectivity index is 2.76. The van der Waals surface area contributed by atoms with Crippen LogP contribution in [-0.4, -0.2) is 28.6 Å². The van der Waals surface area contributed by atoms with Crippen LogP contribution in [0.2, 0.25) is 5.02 Å². The molecule has 0 saturated heterocycles. The number of hydrogen-bond donors (Lipinski definition) is 2. The van der Waals surface area contributed by atoms with E-state index in [2.05, 4.69) is 5.32 Å². The number of hydrogen-bond acceptors (Lipinski definition) is 4. The molecule has 1 amide bonds. The third kappa shape index (κ3) is 5.83. The smallest absolute Gasteiger partial charge is 0.412 e. The number of ether oxygens (including phenoxy) is 1. The molecule has 0 aliphatic rings. The molecular weight excluding hydrogens is 298 g/mol. The number of halogens is 1. The molecule has 0 saturated carbocycles. The molecule has 0 spiro atoms. The summed E-state index contributed by atoms with van der Waals surface area (Å²) in [6, 6.07) is 4.42. The van der Waals surface area contributed by atoms with Crippen LogP contribution in [-0.2, 0) is 20.7 Å². The van der Waals surface area contributed by atoms with Crippen LogP contribution >= 0.6 is 11.6 Å². The van der Waals surface area contributed by atoms with Crippen LogP contribution in [0.5, 0.6) is 0 Å². The Morgan fingerprint density at radius 1 is 1.29 bits per heavy atom. The van der Waals surface area contributed by atoms with Crippen molar-refractivity contribution in [3.05, 3.63) is 28.8 Å². The molecule has 7 heteroatoms. The molecule has 6 nitrogen and oxygen atoms in total. The van der Waals surface area contributed by atoms with Gasteiger partial charge in [0, 0.05) is 17.1 Å². The van der Waals surface area contributed by atoms with Crippen molar-refractivity contribution in [2.24, 2.45) is 0 Å². The maximum absolute atomic E-state index is 11.6. The summed E-state index contributed by atoms with van der Waals surface area (Å²) < 4.78 is 5.08. The SMILES string of the molecule is CC(C)(C)OC(=O)Nc1ccc(CC(=O)C(=O)O)c(Cl)c1. The maximum Gasteiger partial charge on any atom is 0.412 e. The van der Waals surface area contributed by atoms with Crippen molar-refractivity contribution in [1.29, 1.82) is 0 Å². The van der Waals surface area contributed by atoms with Crippen molar-refractivity contribution in [3.63, 3.8) is 0 Å². The summed E-state index contributed by atoms with van der Waals surface area (Å²) in [5, 5.41) is 11.2. The van der Waals surface area contributed by atoms with E-state index in [4.69, 9.17) is 21.4 Å². The number of nitrogens with one attached hydrogen (secondary N) is 1. The van der Waals surface area contributed by atoms with Crippen LogP contribution in [0.15, 0.2) is 18.2 Å². The molecule has 21 heavy (non-hydrogen) atoms. The first-order valence-corrected chi connectivity index (χ1v) is 6.51. The Labute approximate surface area is 127 Å². The van der Waals surface area contributed by atoms with Gasteiger partial charge in [0.1, 0.15) is 5.60 Å². The Bertz CT molecular complexity index is 577. The van der Waals surface area contributed by atoms with E-state index < -0.39 is 23.4 Å². The molecule has 1 aromatic rings. The number of benzene rings is 1. The standard InChI is InChI=1S/C14H16ClNO5/c1-14(2,3)21-13(20)16-9-5-4-8(10(15)7-9)6-11(17)12(18)19/h4-5,7H,6H2,1-3H3,(H,16,20)(H,18,19). The minimum Gasteiger partial charge on any atom is -0.475 e. The molecule has 2 N–H and O–H groups in total. The van der Waals surface area contributed by atoms with Crippen LogP contribution in [0.1, 0.15) is 26.3 Å². The molecular formula is C14H16ClNO5. The monoisotopic (exact) mass is 313 g/mol. The minimum atomic E-state index is -1.51. The molecule has 0 atom stereocenters. The first-order valence-electron chi connectivity index (χ1n) is 6.13. The van der Waals surface area contributed by atoms with E-state index >= 15 is 0 Å². The number of carbonyl (C=O) groups is 3. The lowest BCUT2D eigenvalue weighted by molar-refractivity contribution is -0.148. The summed E-state index contributed by atoms with van der Waals surface area (Å²) in [4.78, 5) is 33.2. The van der Waals surface area contributed by atoms with Crippen molar-refractivity contribution >= 4 is 35.1 Å². The fourth-order valence-corrected chi connectivity index (χ4v) is 1.69. The van der Waals surface area contributed by atoms with Crippen molar-refractivity contribution < 1.29 is 24.2 Å². The summed E-state index contributed by atoms with van der Waals surface area (Å²) in [7, 11) is 0. The summed E-state index contributed by atoms with van der Waals surface area (Å²) in [5.74, 6) is -2.47. The van der Waals surface area contributed by atoms with Gasteiger partial charge in [0.25, 0.3) is 0 Å².